The smallest absolute Gasteiger partial charge is 0.271 e. The topological polar surface area (TPSA) is 78.4 Å². The van der Waals surface area contributed by atoms with Crippen LogP contribution in [0.25, 0.3) is 0 Å². The molecule has 0 aromatic heterocycles. The number of nitrogens with zero attached hydrogens (tertiary/aromatic N) is 1. The van der Waals surface area contributed by atoms with Crippen LogP contribution in [0.5, 0.6) is 23.0 Å². The van der Waals surface area contributed by atoms with Gasteiger partial charge in [0.1, 0.15) is 12.4 Å². The van der Waals surface area contributed by atoms with E-state index in [1.807, 2.05) is 31.2 Å². The Kier molecular flexibility index (Phi) is 7.70. The van der Waals surface area contributed by atoms with Gasteiger partial charge in [-0.05, 0) is 48.9 Å². The van der Waals surface area contributed by atoms with E-state index in [0.29, 0.717) is 40.7 Å². The molecule has 0 aliphatic carbocycles. The summed E-state index contributed by atoms with van der Waals surface area (Å²) in [4.78, 5) is 12.4. The number of carbonyl (C=O) groups excluding carboxylic acids is 1. The Bertz CT molecular complexity index is 1050. The van der Waals surface area contributed by atoms with Crippen LogP contribution in [0.15, 0.2) is 65.8 Å². The lowest BCUT2D eigenvalue weighted by molar-refractivity contribution is 0.0955. The summed E-state index contributed by atoms with van der Waals surface area (Å²) in [6.45, 7) is 2.51. The van der Waals surface area contributed by atoms with Crippen molar-refractivity contribution in [3.05, 3.63) is 82.9 Å². The number of aryl methyl sites for hydroxylation is 1. The van der Waals surface area contributed by atoms with Crippen molar-refractivity contribution in [2.75, 3.05) is 21.3 Å². The number of hydrogen-bond donors (Lipinski definition) is 1. The van der Waals surface area contributed by atoms with Gasteiger partial charge in [0.25, 0.3) is 5.91 Å². The van der Waals surface area contributed by atoms with Crippen molar-refractivity contribution in [3.63, 3.8) is 0 Å². The van der Waals surface area contributed by atoms with E-state index in [1.165, 1.54) is 33.1 Å². The molecule has 0 radical (unpaired) electrons. The summed E-state index contributed by atoms with van der Waals surface area (Å²) < 4.78 is 21.7. The van der Waals surface area contributed by atoms with Crippen LogP contribution in [0.4, 0.5) is 0 Å². The van der Waals surface area contributed by atoms with Crippen molar-refractivity contribution in [1.82, 2.24) is 5.43 Å². The van der Waals surface area contributed by atoms with E-state index in [9.17, 15) is 4.79 Å². The molecule has 0 aliphatic rings. The maximum atomic E-state index is 12.4. The number of nitrogens with one attached hydrogen (secondary N) is 1. The molecular formula is C25H26N2O5. The summed E-state index contributed by atoms with van der Waals surface area (Å²) in [6, 6.07) is 18.5. The van der Waals surface area contributed by atoms with Crippen LogP contribution < -0.4 is 24.4 Å². The maximum absolute atomic E-state index is 12.4. The molecule has 3 aromatic carbocycles. The van der Waals surface area contributed by atoms with Gasteiger partial charge in [0.05, 0.1) is 27.5 Å². The fourth-order valence-corrected chi connectivity index (χ4v) is 2.96. The summed E-state index contributed by atoms with van der Waals surface area (Å²) in [7, 11) is 4.61. The highest BCUT2D eigenvalue weighted by atomic mass is 16.5. The van der Waals surface area contributed by atoms with Crippen LogP contribution in [0.2, 0.25) is 0 Å². The average Bonchev–Trinajstić information content (AvgIpc) is 2.83. The Morgan fingerprint density at radius 2 is 1.53 bits per heavy atom. The van der Waals surface area contributed by atoms with Gasteiger partial charge in [-0.1, -0.05) is 29.8 Å². The van der Waals surface area contributed by atoms with Gasteiger partial charge in [-0.3, -0.25) is 4.79 Å². The molecular weight excluding hydrogens is 408 g/mol. The minimum Gasteiger partial charge on any atom is -0.493 e. The van der Waals surface area contributed by atoms with Gasteiger partial charge in [0, 0.05) is 11.1 Å². The van der Waals surface area contributed by atoms with E-state index in [-0.39, 0.29) is 5.91 Å². The Hall–Kier alpha value is -4.00. The molecule has 0 aliphatic heterocycles. The average molecular weight is 434 g/mol. The maximum Gasteiger partial charge on any atom is 0.271 e. The summed E-state index contributed by atoms with van der Waals surface area (Å²) in [5.74, 6) is 1.84. The molecule has 0 spiro atoms. The van der Waals surface area contributed by atoms with Crippen LogP contribution in [0.3, 0.4) is 0 Å². The number of hydrazone groups is 1. The van der Waals surface area contributed by atoms with Crippen LogP contribution in [-0.4, -0.2) is 33.5 Å². The summed E-state index contributed by atoms with van der Waals surface area (Å²) in [5, 5.41) is 4.02. The zero-order chi connectivity index (χ0) is 22.9. The van der Waals surface area contributed by atoms with Crippen molar-refractivity contribution in [2.24, 2.45) is 5.10 Å². The molecule has 0 heterocycles. The van der Waals surface area contributed by atoms with E-state index in [0.717, 1.165) is 5.56 Å². The third-order valence-corrected chi connectivity index (χ3v) is 4.71. The monoisotopic (exact) mass is 434 g/mol. The van der Waals surface area contributed by atoms with Crippen LogP contribution in [0, 0.1) is 6.92 Å². The quantitative estimate of drug-likeness (QED) is 0.400. The molecule has 0 saturated carbocycles. The van der Waals surface area contributed by atoms with Crippen molar-refractivity contribution in [1.29, 1.82) is 0 Å². The largest absolute Gasteiger partial charge is 0.493 e. The van der Waals surface area contributed by atoms with E-state index >= 15 is 0 Å². The Morgan fingerprint density at radius 1 is 0.906 bits per heavy atom. The number of ether oxygens (including phenoxy) is 4. The fraction of sp³-hybridized carbons (Fsp3) is 0.200. The number of benzene rings is 3. The molecule has 7 nitrogen and oxygen atoms in total. The van der Waals surface area contributed by atoms with Crippen LogP contribution in [-0.2, 0) is 6.61 Å². The molecule has 0 bridgehead atoms. The highest BCUT2D eigenvalue weighted by molar-refractivity contribution is 5.95. The fourth-order valence-electron chi connectivity index (χ4n) is 2.96. The van der Waals surface area contributed by atoms with E-state index in [1.54, 1.807) is 36.4 Å². The summed E-state index contributed by atoms with van der Waals surface area (Å²) in [6.07, 6.45) is 1.50. The molecule has 3 rings (SSSR count). The molecule has 166 valence electrons. The molecule has 7 heteroatoms. The van der Waals surface area contributed by atoms with E-state index < -0.39 is 0 Å². The third-order valence-electron chi connectivity index (χ3n) is 4.71. The van der Waals surface area contributed by atoms with Gasteiger partial charge in [0.15, 0.2) is 11.5 Å². The SMILES string of the molecule is COc1cc(C=NNC(=O)c2ccc(OCc3ccc(C)cc3)cc2)cc(OC)c1OC. The number of rotatable bonds is 9. The molecule has 1 amide bonds. The Morgan fingerprint density at radius 3 is 2.09 bits per heavy atom. The molecule has 0 fully saturated rings. The number of hydrogen-bond acceptors (Lipinski definition) is 6. The number of amides is 1. The lowest BCUT2D eigenvalue weighted by Gasteiger charge is -2.12. The van der Waals surface area contributed by atoms with Gasteiger partial charge in [-0.2, -0.15) is 5.10 Å². The lowest BCUT2D eigenvalue weighted by Crippen LogP contribution is -2.17. The second-order valence-corrected chi connectivity index (χ2v) is 6.96. The molecule has 1 N–H and O–H groups in total. The van der Waals surface area contributed by atoms with E-state index in [2.05, 4.69) is 10.5 Å². The molecule has 32 heavy (non-hydrogen) atoms. The molecule has 0 saturated heterocycles. The van der Waals surface area contributed by atoms with Crippen molar-refractivity contribution in [2.45, 2.75) is 13.5 Å². The first-order chi connectivity index (χ1) is 15.5. The second kappa shape index (κ2) is 10.9. The highest BCUT2D eigenvalue weighted by Crippen LogP contribution is 2.37. The van der Waals surface area contributed by atoms with Gasteiger partial charge in [0.2, 0.25) is 5.75 Å². The molecule has 0 unspecified atom stereocenters. The van der Waals surface area contributed by atoms with Gasteiger partial charge in [-0.15, -0.1) is 0 Å². The summed E-state index contributed by atoms with van der Waals surface area (Å²) in [5.41, 5.74) is 5.95. The van der Waals surface area contributed by atoms with Gasteiger partial charge >= 0.3 is 0 Å². The predicted octanol–water partition coefficient (Wildman–Crippen LogP) is 4.36. The molecule has 0 atom stereocenters. The van der Waals surface area contributed by atoms with Crippen LogP contribution >= 0.6 is 0 Å². The predicted molar refractivity (Wildman–Crippen MR) is 123 cm³/mol. The first kappa shape index (κ1) is 22.7. The number of methoxy groups -OCH3 is 3. The second-order valence-electron chi connectivity index (χ2n) is 6.96. The summed E-state index contributed by atoms with van der Waals surface area (Å²) >= 11 is 0. The van der Waals surface area contributed by atoms with Crippen molar-refractivity contribution >= 4 is 12.1 Å². The van der Waals surface area contributed by atoms with Gasteiger partial charge < -0.3 is 18.9 Å². The third kappa shape index (κ3) is 5.78. The lowest BCUT2D eigenvalue weighted by atomic mass is 10.2. The zero-order valence-electron chi connectivity index (χ0n) is 18.5. The molecule has 3 aromatic rings. The minimum absolute atomic E-state index is 0.334. The first-order valence-corrected chi connectivity index (χ1v) is 9.96. The Labute approximate surface area is 187 Å². The first-order valence-electron chi connectivity index (χ1n) is 9.96. The van der Waals surface area contributed by atoms with Gasteiger partial charge in [-0.25, -0.2) is 5.43 Å². The van der Waals surface area contributed by atoms with Crippen molar-refractivity contribution in [3.8, 4) is 23.0 Å². The van der Waals surface area contributed by atoms with E-state index in [4.69, 9.17) is 18.9 Å². The number of carbonyl (C=O) groups is 1. The standard InChI is InChI=1S/C25H26N2O5/c1-17-5-7-18(8-6-17)16-32-21-11-9-20(10-12-21)25(28)27-26-15-19-13-22(29-2)24(31-4)23(14-19)30-3/h5-15H,16H2,1-4H3,(H,27,28). The van der Waals surface area contributed by atoms with Crippen molar-refractivity contribution < 1.29 is 23.7 Å². The normalized spacial score (nSPS) is 10.6. The van der Waals surface area contributed by atoms with Crippen LogP contribution in [0.1, 0.15) is 27.0 Å². The highest BCUT2D eigenvalue weighted by Gasteiger charge is 2.12. The Balaban J connectivity index is 1.59. The zero-order valence-corrected chi connectivity index (χ0v) is 18.5. The minimum atomic E-state index is -0.334.